The average Bonchev–Trinajstić information content (AvgIpc) is 3.12. The van der Waals surface area contributed by atoms with Crippen LogP contribution in [-0.4, -0.2) is 55.9 Å². The van der Waals surface area contributed by atoms with Crippen LogP contribution in [0.2, 0.25) is 0 Å². The van der Waals surface area contributed by atoms with Crippen LogP contribution < -0.4 is 5.32 Å². The standard InChI is InChI=1S/C19H32N2O3/c1-18(22,17-6-5-11-24-17)14-20-15-19(7-3-2-4-8-19)16-21-9-12-23-13-10-21/h5-6,11,20,22H,2-4,7-10,12-16H2,1H3. The highest BCUT2D eigenvalue weighted by molar-refractivity contribution is 5.08. The molecule has 2 aliphatic rings. The third kappa shape index (κ3) is 4.60. The van der Waals surface area contributed by atoms with Crippen molar-refractivity contribution in [2.75, 3.05) is 45.9 Å². The normalized spacial score (nSPS) is 24.6. The predicted molar refractivity (Wildman–Crippen MR) is 93.9 cm³/mol. The second kappa shape index (κ2) is 8.00. The van der Waals surface area contributed by atoms with Crippen molar-refractivity contribution in [1.82, 2.24) is 10.2 Å². The molecule has 0 radical (unpaired) electrons. The van der Waals surface area contributed by atoms with Gasteiger partial charge in [-0.05, 0) is 37.3 Å². The van der Waals surface area contributed by atoms with Gasteiger partial charge in [0.15, 0.2) is 0 Å². The van der Waals surface area contributed by atoms with Gasteiger partial charge in [0.25, 0.3) is 0 Å². The lowest BCUT2D eigenvalue weighted by Gasteiger charge is -2.43. The zero-order chi connectivity index (χ0) is 16.9. The van der Waals surface area contributed by atoms with Gasteiger partial charge in [-0.2, -0.15) is 0 Å². The van der Waals surface area contributed by atoms with E-state index in [1.165, 1.54) is 32.1 Å². The number of hydrogen-bond acceptors (Lipinski definition) is 5. The van der Waals surface area contributed by atoms with Crippen molar-refractivity contribution in [3.63, 3.8) is 0 Å². The smallest absolute Gasteiger partial charge is 0.136 e. The molecule has 2 fully saturated rings. The molecule has 1 aromatic rings. The molecule has 0 amide bonds. The Kier molecular flexibility index (Phi) is 5.98. The van der Waals surface area contributed by atoms with E-state index in [4.69, 9.17) is 9.15 Å². The molecule has 1 aliphatic carbocycles. The van der Waals surface area contributed by atoms with Crippen LogP contribution in [0.5, 0.6) is 0 Å². The molecule has 2 N–H and O–H groups in total. The molecule has 0 spiro atoms. The summed E-state index contributed by atoms with van der Waals surface area (Å²) in [5, 5.41) is 14.2. The average molecular weight is 336 g/mol. The Labute approximate surface area is 145 Å². The number of nitrogens with zero attached hydrogens (tertiary/aromatic N) is 1. The zero-order valence-corrected chi connectivity index (χ0v) is 14.9. The maximum atomic E-state index is 10.6. The first kappa shape index (κ1) is 17.9. The molecule has 1 aliphatic heterocycles. The quantitative estimate of drug-likeness (QED) is 0.800. The number of aliphatic hydroxyl groups is 1. The second-order valence-corrected chi connectivity index (χ2v) is 7.80. The first-order chi connectivity index (χ1) is 11.6. The molecular weight excluding hydrogens is 304 g/mol. The van der Waals surface area contributed by atoms with Crippen LogP contribution in [0.25, 0.3) is 0 Å². The second-order valence-electron chi connectivity index (χ2n) is 7.80. The molecule has 136 valence electrons. The van der Waals surface area contributed by atoms with Gasteiger partial charge in [0, 0.05) is 32.7 Å². The largest absolute Gasteiger partial charge is 0.466 e. The SMILES string of the molecule is CC(O)(CNCC1(CN2CCOCC2)CCCCC1)c1ccco1. The summed E-state index contributed by atoms with van der Waals surface area (Å²) in [5.74, 6) is 0.626. The van der Waals surface area contributed by atoms with Crippen LogP contribution >= 0.6 is 0 Å². The van der Waals surface area contributed by atoms with Crippen LogP contribution in [-0.2, 0) is 10.3 Å². The first-order valence-corrected chi connectivity index (χ1v) is 9.37. The van der Waals surface area contributed by atoms with Gasteiger partial charge in [0.1, 0.15) is 11.4 Å². The lowest BCUT2D eigenvalue weighted by molar-refractivity contribution is 0.00165. The number of hydrogen-bond donors (Lipinski definition) is 2. The summed E-state index contributed by atoms with van der Waals surface area (Å²) in [4.78, 5) is 2.56. The number of morpholine rings is 1. The van der Waals surface area contributed by atoms with E-state index in [9.17, 15) is 5.11 Å². The molecule has 0 aromatic carbocycles. The van der Waals surface area contributed by atoms with Crippen LogP contribution in [0.3, 0.4) is 0 Å². The Morgan fingerprint density at radius 3 is 2.67 bits per heavy atom. The maximum absolute atomic E-state index is 10.6. The van der Waals surface area contributed by atoms with Gasteiger partial charge in [0.2, 0.25) is 0 Å². The van der Waals surface area contributed by atoms with Crippen molar-refractivity contribution in [2.24, 2.45) is 5.41 Å². The third-order valence-corrected chi connectivity index (χ3v) is 5.60. The van der Waals surface area contributed by atoms with Crippen molar-refractivity contribution in [1.29, 1.82) is 0 Å². The molecule has 1 saturated carbocycles. The third-order valence-electron chi connectivity index (χ3n) is 5.60. The molecular formula is C19H32N2O3. The van der Waals surface area contributed by atoms with E-state index < -0.39 is 5.60 Å². The molecule has 5 heteroatoms. The molecule has 2 heterocycles. The van der Waals surface area contributed by atoms with Crippen LogP contribution in [0, 0.1) is 5.41 Å². The fraction of sp³-hybridized carbons (Fsp3) is 0.789. The van der Waals surface area contributed by atoms with Crippen molar-refractivity contribution < 1.29 is 14.3 Å². The molecule has 5 nitrogen and oxygen atoms in total. The zero-order valence-electron chi connectivity index (χ0n) is 14.9. The van der Waals surface area contributed by atoms with Crippen molar-refractivity contribution in [3.05, 3.63) is 24.2 Å². The van der Waals surface area contributed by atoms with Gasteiger partial charge in [-0.1, -0.05) is 19.3 Å². The van der Waals surface area contributed by atoms with Gasteiger partial charge in [-0.15, -0.1) is 0 Å². The van der Waals surface area contributed by atoms with E-state index in [0.29, 0.717) is 17.7 Å². The Morgan fingerprint density at radius 1 is 1.25 bits per heavy atom. The minimum Gasteiger partial charge on any atom is -0.466 e. The summed E-state index contributed by atoms with van der Waals surface area (Å²) >= 11 is 0. The summed E-state index contributed by atoms with van der Waals surface area (Å²) in [7, 11) is 0. The predicted octanol–water partition coefficient (Wildman–Crippen LogP) is 2.36. The van der Waals surface area contributed by atoms with E-state index in [1.54, 1.807) is 6.26 Å². The van der Waals surface area contributed by atoms with Gasteiger partial charge in [-0.3, -0.25) is 4.90 Å². The maximum Gasteiger partial charge on any atom is 0.136 e. The number of furan rings is 1. The molecule has 1 aromatic heterocycles. The van der Waals surface area contributed by atoms with Crippen molar-refractivity contribution in [3.8, 4) is 0 Å². The van der Waals surface area contributed by atoms with Crippen LogP contribution in [0.1, 0.15) is 44.8 Å². The van der Waals surface area contributed by atoms with Gasteiger partial charge < -0.3 is 19.6 Å². The topological polar surface area (TPSA) is 57.9 Å². The van der Waals surface area contributed by atoms with E-state index in [2.05, 4.69) is 10.2 Å². The Bertz CT molecular complexity index is 475. The summed E-state index contributed by atoms with van der Waals surface area (Å²) in [5.41, 5.74) is -0.632. The van der Waals surface area contributed by atoms with E-state index in [1.807, 2.05) is 19.1 Å². The van der Waals surface area contributed by atoms with E-state index >= 15 is 0 Å². The molecule has 3 rings (SSSR count). The molecule has 1 atom stereocenters. The summed E-state index contributed by atoms with van der Waals surface area (Å²) < 4.78 is 10.9. The van der Waals surface area contributed by atoms with E-state index in [0.717, 1.165) is 39.4 Å². The monoisotopic (exact) mass is 336 g/mol. The molecule has 24 heavy (non-hydrogen) atoms. The fourth-order valence-corrected chi connectivity index (χ4v) is 4.17. The van der Waals surface area contributed by atoms with Gasteiger partial charge in [0.05, 0.1) is 19.5 Å². The van der Waals surface area contributed by atoms with E-state index in [-0.39, 0.29) is 0 Å². The summed E-state index contributed by atoms with van der Waals surface area (Å²) in [6.07, 6.45) is 8.17. The Morgan fingerprint density at radius 2 is 2.00 bits per heavy atom. The molecule has 1 unspecified atom stereocenters. The lowest BCUT2D eigenvalue weighted by atomic mass is 9.73. The molecule has 0 bridgehead atoms. The first-order valence-electron chi connectivity index (χ1n) is 9.37. The summed E-state index contributed by atoms with van der Waals surface area (Å²) in [6, 6.07) is 3.66. The minimum atomic E-state index is -0.960. The highest BCUT2D eigenvalue weighted by atomic mass is 16.5. The van der Waals surface area contributed by atoms with Gasteiger partial charge in [-0.25, -0.2) is 0 Å². The fourth-order valence-electron chi connectivity index (χ4n) is 4.17. The van der Waals surface area contributed by atoms with Crippen molar-refractivity contribution >= 4 is 0 Å². The van der Waals surface area contributed by atoms with Crippen molar-refractivity contribution in [2.45, 2.75) is 44.6 Å². The number of nitrogens with one attached hydrogen (secondary N) is 1. The summed E-state index contributed by atoms with van der Waals surface area (Å²) in [6.45, 7) is 8.25. The highest BCUT2D eigenvalue weighted by Crippen LogP contribution is 2.37. The minimum absolute atomic E-state index is 0.328. The number of ether oxygens (including phenoxy) is 1. The van der Waals surface area contributed by atoms with Crippen LogP contribution in [0.4, 0.5) is 0 Å². The number of rotatable bonds is 7. The highest BCUT2D eigenvalue weighted by Gasteiger charge is 2.35. The Hall–Kier alpha value is -0.880. The van der Waals surface area contributed by atoms with Gasteiger partial charge >= 0.3 is 0 Å². The lowest BCUT2D eigenvalue weighted by Crippen LogP contribution is -2.50. The van der Waals surface area contributed by atoms with Crippen LogP contribution in [0.15, 0.2) is 22.8 Å². The molecule has 1 saturated heterocycles. The Balaban J connectivity index is 1.55.